The molecule has 0 fully saturated rings. The monoisotopic (exact) mass is 157 g/mol. The molecule has 0 aliphatic rings. The van der Waals surface area contributed by atoms with Crippen molar-refractivity contribution in [1.82, 2.24) is 4.57 Å². The van der Waals surface area contributed by atoms with Crippen LogP contribution in [0.4, 0.5) is 0 Å². The van der Waals surface area contributed by atoms with Gasteiger partial charge in [0, 0.05) is 7.05 Å². The van der Waals surface area contributed by atoms with Gasteiger partial charge in [-0.05, 0) is 13.8 Å². The highest BCUT2D eigenvalue weighted by Crippen LogP contribution is 2.07. The molecule has 0 aromatic carbocycles. The molecule has 0 N–H and O–H groups in total. The molecule has 0 bridgehead atoms. The molecule has 1 rings (SSSR count). The Morgan fingerprint density at radius 1 is 1.64 bits per heavy atom. The molecule has 4 heteroatoms. The zero-order valence-corrected chi connectivity index (χ0v) is 6.83. The molecular weight excluding hydrogens is 146 g/mol. The van der Waals surface area contributed by atoms with Gasteiger partial charge in [0.25, 0.3) is 0 Å². The quantitative estimate of drug-likeness (QED) is 0.636. The van der Waals surface area contributed by atoms with Crippen LogP contribution in [0, 0.1) is 0 Å². The van der Waals surface area contributed by atoms with Crippen LogP contribution in [0.15, 0.2) is 15.4 Å². The first-order valence-electron chi connectivity index (χ1n) is 3.42. The minimum absolute atomic E-state index is 0.0283. The Kier molecular flexibility index (Phi) is 2.03. The highest BCUT2D eigenvalue weighted by atomic mass is 16.6. The summed E-state index contributed by atoms with van der Waals surface area (Å²) in [5.74, 6) is -0.131. The van der Waals surface area contributed by atoms with E-state index in [-0.39, 0.29) is 12.1 Å². The molecule has 0 saturated heterocycles. The second-order valence-electron chi connectivity index (χ2n) is 2.59. The largest absolute Gasteiger partial charge is 0.461 e. The van der Waals surface area contributed by atoms with E-state index < -0.39 is 5.76 Å². The zero-order valence-electron chi connectivity index (χ0n) is 6.83. The number of ether oxygens (including phenoxy) is 1. The predicted molar refractivity (Wildman–Crippen MR) is 39.7 cm³/mol. The van der Waals surface area contributed by atoms with Crippen molar-refractivity contribution in [2.75, 3.05) is 0 Å². The maximum absolute atomic E-state index is 10.7. The molecule has 1 heterocycles. The van der Waals surface area contributed by atoms with E-state index in [9.17, 15) is 4.79 Å². The third-order valence-electron chi connectivity index (χ3n) is 1.13. The fourth-order valence-electron chi connectivity index (χ4n) is 0.682. The first kappa shape index (κ1) is 7.91. The van der Waals surface area contributed by atoms with E-state index >= 15 is 0 Å². The Hall–Kier alpha value is -1.19. The highest BCUT2D eigenvalue weighted by molar-refractivity contribution is 4.97. The van der Waals surface area contributed by atoms with Gasteiger partial charge in [0.1, 0.15) is 0 Å². The van der Waals surface area contributed by atoms with Crippen LogP contribution in [0.5, 0.6) is 5.95 Å². The molecule has 11 heavy (non-hydrogen) atoms. The van der Waals surface area contributed by atoms with Gasteiger partial charge in [-0.15, -0.1) is 0 Å². The van der Waals surface area contributed by atoms with Gasteiger partial charge < -0.3 is 9.15 Å². The molecule has 0 saturated carbocycles. The summed E-state index contributed by atoms with van der Waals surface area (Å²) in [4.78, 5) is 10.7. The van der Waals surface area contributed by atoms with E-state index in [1.165, 1.54) is 10.8 Å². The van der Waals surface area contributed by atoms with Crippen molar-refractivity contribution < 1.29 is 9.15 Å². The average Bonchev–Trinajstić information content (AvgIpc) is 2.10. The van der Waals surface area contributed by atoms with Gasteiger partial charge in [0.2, 0.25) is 0 Å². The van der Waals surface area contributed by atoms with Gasteiger partial charge in [0.05, 0.1) is 12.3 Å². The Balaban J connectivity index is 2.81. The molecule has 0 atom stereocenters. The number of nitrogens with zero attached hydrogens (tertiary/aromatic N) is 1. The van der Waals surface area contributed by atoms with Crippen LogP contribution >= 0.6 is 0 Å². The Labute approximate surface area is 64.4 Å². The number of aromatic nitrogens is 1. The van der Waals surface area contributed by atoms with Crippen molar-refractivity contribution >= 4 is 0 Å². The van der Waals surface area contributed by atoms with Gasteiger partial charge in [-0.3, -0.25) is 4.57 Å². The van der Waals surface area contributed by atoms with Crippen molar-refractivity contribution in [2.45, 2.75) is 20.0 Å². The number of hydrogen-bond donors (Lipinski definition) is 0. The maximum atomic E-state index is 10.7. The van der Waals surface area contributed by atoms with Gasteiger partial charge in [-0.1, -0.05) is 0 Å². The molecule has 62 valence electrons. The summed E-state index contributed by atoms with van der Waals surface area (Å²) in [5.41, 5.74) is 0. The van der Waals surface area contributed by atoms with E-state index in [0.29, 0.717) is 0 Å². The van der Waals surface area contributed by atoms with Crippen molar-refractivity contribution in [3.05, 3.63) is 16.7 Å². The van der Waals surface area contributed by atoms with E-state index in [0.717, 1.165) is 0 Å². The van der Waals surface area contributed by atoms with Crippen LogP contribution in [-0.4, -0.2) is 10.7 Å². The van der Waals surface area contributed by atoms with E-state index in [4.69, 9.17) is 9.15 Å². The topological polar surface area (TPSA) is 44.4 Å². The van der Waals surface area contributed by atoms with E-state index in [1.807, 2.05) is 13.8 Å². The lowest BCUT2D eigenvalue weighted by Crippen LogP contribution is -2.07. The Morgan fingerprint density at radius 3 is 2.64 bits per heavy atom. The molecule has 1 aromatic heterocycles. The molecule has 0 aliphatic heterocycles. The zero-order chi connectivity index (χ0) is 8.43. The summed E-state index contributed by atoms with van der Waals surface area (Å²) in [6, 6.07) is 0. The molecule has 0 radical (unpaired) electrons. The summed E-state index contributed by atoms with van der Waals surface area (Å²) in [5, 5.41) is 0. The van der Waals surface area contributed by atoms with Crippen molar-refractivity contribution in [2.24, 2.45) is 7.05 Å². The average molecular weight is 157 g/mol. The Bertz CT molecular complexity index is 284. The fourth-order valence-corrected chi connectivity index (χ4v) is 0.682. The lowest BCUT2D eigenvalue weighted by atomic mass is 10.5. The standard InChI is InChI=1S/C7H11NO3/c1-5(2)10-6-4-8(3)7(9)11-6/h4-5H,1-3H3. The SMILES string of the molecule is CC(C)Oc1cn(C)c(=O)o1. The number of aryl methyl sites for hydroxylation is 1. The second-order valence-corrected chi connectivity index (χ2v) is 2.59. The molecule has 0 spiro atoms. The first-order valence-corrected chi connectivity index (χ1v) is 3.42. The first-order chi connectivity index (χ1) is 5.09. The number of hydrogen-bond acceptors (Lipinski definition) is 3. The highest BCUT2D eigenvalue weighted by Gasteiger charge is 2.04. The minimum Gasteiger partial charge on any atom is -0.461 e. The predicted octanol–water partition coefficient (Wildman–Crippen LogP) is 0.765. The summed E-state index contributed by atoms with van der Waals surface area (Å²) >= 11 is 0. The fraction of sp³-hybridized carbons (Fsp3) is 0.571. The smallest absolute Gasteiger partial charge is 0.421 e. The number of rotatable bonds is 2. The van der Waals surface area contributed by atoms with Crippen molar-refractivity contribution in [3.8, 4) is 5.95 Å². The second kappa shape index (κ2) is 2.82. The normalized spacial score (nSPS) is 10.5. The molecular formula is C7H11NO3. The summed E-state index contributed by atoms with van der Waals surface area (Å²) in [6.07, 6.45) is 1.54. The molecule has 0 amide bonds. The van der Waals surface area contributed by atoms with Crippen LogP contribution in [0.2, 0.25) is 0 Å². The van der Waals surface area contributed by atoms with E-state index in [2.05, 4.69) is 0 Å². The lowest BCUT2D eigenvalue weighted by Gasteiger charge is -2.02. The van der Waals surface area contributed by atoms with Crippen LogP contribution in [0.1, 0.15) is 13.8 Å². The van der Waals surface area contributed by atoms with Crippen LogP contribution < -0.4 is 10.5 Å². The van der Waals surface area contributed by atoms with Crippen LogP contribution in [0.3, 0.4) is 0 Å². The molecule has 0 aliphatic carbocycles. The summed E-state index contributed by atoms with van der Waals surface area (Å²) < 4.78 is 11.2. The van der Waals surface area contributed by atoms with Crippen LogP contribution in [0.25, 0.3) is 0 Å². The van der Waals surface area contributed by atoms with Crippen molar-refractivity contribution in [3.63, 3.8) is 0 Å². The molecule has 0 unspecified atom stereocenters. The molecule has 1 aromatic rings. The molecule has 4 nitrogen and oxygen atoms in total. The van der Waals surface area contributed by atoms with E-state index in [1.54, 1.807) is 7.05 Å². The lowest BCUT2D eigenvalue weighted by molar-refractivity contribution is 0.182. The summed E-state index contributed by atoms with van der Waals surface area (Å²) in [7, 11) is 1.61. The van der Waals surface area contributed by atoms with Crippen molar-refractivity contribution in [1.29, 1.82) is 0 Å². The number of oxazole rings is 1. The third kappa shape index (κ3) is 1.86. The maximum Gasteiger partial charge on any atom is 0.421 e. The van der Waals surface area contributed by atoms with Gasteiger partial charge in [-0.25, -0.2) is 4.79 Å². The van der Waals surface area contributed by atoms with Gasteiger partial charge in [0.15, 0.2) is 0 Å². The van der Waals surface area contributed by atoms with Crippen LogP contribution in [-0.2, 0) is 7.05 Å². The van der Waals surface area contributed by atoms with Gasteiger partial charge in [-0.2, -0.15) is 0 Å². The third-order valence-corrected chi connectivity index (χ3v) is 1.13. The Morgan fingerprint density at radius 2 is 2.27 bits per heavy atom. The van der Waals surface area contributed by atoms with Gasteiger partial charge >= 0.3 is 11.7 Å². The minimum atomic E-state index is -0.402. The summed E-state index contributed by atoms with van der Waals surface area (Å²) in [6.45, 7) is 3.74.